The van der Waals surface area contributed by atoms with Crippen LogP contribution in [0.15, 0.2) is 60.7 Å². The molecular weight excluding hydrogens is 449 g/mol. The second kappa shape index (κ2) is 11.7. The summed E-state index contributed by atoms with van der Waals surface area (Å²) in [5.41, 5.74) is 3.22. The van der Waals surface area contributed by atoms with Crippen molar-refractivity contribution in [2.24, 2.45) is 0 Å². The monoisotopic (exact) mass is 473 g/mol. The molecule has 0 bridgehead atoms. The molecule has 0 amide bonds. The maximum atomic E-state index is 11.8. The van der Waals surface area contributed by atoms with E-state index < -0.39 is 0 Å². The average molecular weight is 474 g/mol. The Morgan fingerprint density at radius 3 is 2.22 bits per heavy atom. The molecule has 32 heavy (non-hydrogen) atoms. The third kappa shape index (κ3) is 6.55. The van der Waals surface area contributed by atoms with Crippen molar-refractivity contribution in [1.29, 1.82) is 0 Å². The summed E-state index contributed by atoms with van der Waals surface area (Å²) in [5.74, 6) is 0.868. The van der Waals surface area contributed by atoms with Gasteiger partial charge >= 0.3 is 5.97 Å². The van der Waals surface area contributed by atoms with Gasteiger partial charge in [0.15, 0.2) is 11.5 Å². The molecular formula is C25H25Cl2NO4. The van der Waals surface area contributed by atoms with Gasteiger partial charge < -0.3 is 19.5 Å². The maximum absolute atomic E-state index is 11.8. The Balaban J connectivity index is 1.68. The molecule has 3 rings (SSSR count). The van der Waals surface area contributed by atoms with Crippen LogP contribution in [-0.2, 0) is 17.9 Å². The molecule has 0 heterocycles. The SMILES string of the molecule is CCOC(=O)c1ccc(NCc2cc(OCC)c(OCc3ccc(Cl)cc3)cc2Cl)cc1. The van der Waals surface area contributed by atoms with E-state index in [2.05, 4.69) is 5.32 Å². The number of anilines is 1. The number of nitrogens with one attached hydrogen (secondary N) is 1. The molecule has 7 heteroatoms. The van der Waals surface area contributed by atoms with E-state index in [1.807, 2.05) is 49.4 Å². The first-order valence-corrected chi connectivity index (χ1v) is 11.1. The Hall–Kier alpha value is -2.89. The molecule has 5 nitrogen and oxygen atoms in total. The lowest BCUT2D eigenvalue weighted by molar-refractivity contribution is 0.0526. The first kappa shape index (κ1) is 23.8. The summed E-state index contributed by atoms with van der Waals surface area (Å²) in [7, 11) is 0. The van der Waals surface area contributed by atoms with Gasteiger partial charge in [0.2, 0.25) is 0 Å². The smallest absolute Gasteiger partial charge is 0.338 e. The quantitative estimate of drug-likeness (QED) is 0.329. The van der Waals surface area contributed by atoms with Crippen LogP contribution in [0.3, 0.4) is 0 Å². The van der Waals surface area contributed by atoms with Gasteiger partial charge in [-0.15, -0.1) is 0 Å². The topological polar surface area (TPSA) is 56.8 Å². The minimum absolute atomic E-state index is 0.336. The molecule has 168 valence electrons. The lowest BCUT2D eigenvalue weighted by Gasteiger charge is -2.16. The van der Waals surface area contributed by atoms with Gasteiger partial charge in [0.05, 0.1) is 18.8 Å². The van der Waals surface area contributed by atoms with Crippen molar-refractivity contribution in [3.05, 3.63) is 87.4 Å². The van der Waals surface area contributed by atoms with E-state index >= 15 is 0 Å². The summed E-state index contributed by atoms with van der Waals surface area (Å²) in [6.45, 7) is 5.40. The molecule has 0 aliphatic heterocycles. The van der Waals surface area contributed by atoms with E-state index in [-0.39, 0.29) is 5.97 Å². The predicted molar refractivity (Wildman–Crippen MR) is 128 cm³/mol. The summed E-state index contributed by atoms with van der Waals surface area (Å²) in [5, 5.41) is 4.55. The summed E-state index contributed by atoms with van der Waals surface area (Å²) >= 11 is 12.5. The largest absolute Gasteiger partial charge is 0.490 e. The second-order valence-electron chi connectivity index (χ2n) is 6.89. The first-order valence-electron chi connectivity index (χ1n) is 10.3. The third-order valence-electron chi connectivity index (χ3n) is 4.60. The summed E-state index contributed by atoms with van der Waals surface area (Å²) in [4.78, 5) is 11.8. The van der Waals surface area contributed by atoms with E-state index in [4.69, 9.17) is 37.4 Å². The number of benzene rings is 3. The van der Waals surface area contributed by atoms with Crippen molar-refractivity contribution in [3.63, 3.8) is 0 Å². The predicted octanol–water partition coefficient (Wildman–Crippen LogP) is 6.76. The number of halogens is 2. The highest BCUT2D eigenvalue weighted by Gasteiger charge is 2.12. The number of rotatable bonds is 10. The lowest BCUT2D eigenvalue weighted by Crippen LogP contribution is -2.06. The number of ether oxygens (including phenoxy) is 3. The molecule has 0 radical (unpaired) electrons. The minimum atomic E-state index is -0.336. The van der Waals surface area contributed by atoms with Crippen molar-refractivity contribution in [3.8, 4) is 11.5 Å². The third-order valence-corrected chi connectivity index (χ3v) is 5.20. The van der Waals surface area contributed by atoms with Crippen LogP contribution in [0.1, 0.15) is 35.3 Å². The van der Waals surface area contributed by atoms with E-state index in [1.54, 1.807) is 25.1 Å². The molecule has 0 fully saturated rings. The summed E-state index contributed by atoms with van der Waals surface area (Å²) in [6.07, 6.45) is 0. The molecule has 0 aliphatic rings. The molecule has 0 spiro atoms. The van der Waals surface area contributed by atoms with Crippen LogP contribution in [0.4, 0.5) is 5.69 Å². The molecule has 3 aromatic rings. The minimum Gasteiger partial charge on any atom is -0.490 e. The van der Waals surface area contributed by atoms with Crippen LogP contribution in [0, 0.1) is 0 Å². The fourth-order valence-corrected chi connectivity index (χ4v) is 3.32. The molecule has 0 aliphatic carbocycles. The van der Waals surface area contributed by atoms with E-state index in [0.29, 0.717) is 53.5 Å². The molecule has 0 atom stereocenters. The number of hydrogen-bond donors (Lipinski definition) is 1. The zero-order valence-corrected chi connectivity index (χ0v) is 19.5. The van der Waals surface area contributed by atoms with Crippen LogP contribution in [-0.4, -0.2) is 19.2 Å². The van der Waals surface area contributed by atoms with Crippen molar-refractivity contribution < 1.29 is 19.0 Å². The molecule has 0 aromatic heterocycles. The average Bonchev–Trinajstić information content (AvgIpc) is 2.80. The Kier molecular flexibility index (Phi) is 8.65. The normalized spacial score (nSPS) is 10.5. The van der Waals surface area contributed by atoms with E-state index in [1.165, 1.54) is 0 Å². The Bertz CT molecular complexity index is 1040. The highest BCUT2D eigenvalue weighted by Crippen LogP contribution is 2.34. The fraction of sp³-hybridized carbons (Fsp3) is 0.240. The Morgan fingerprint density at radius 1 is 0.875 bits per heavy atom. The van der Waals surface area contributed by atoms with Gasteiger partial charge in [-0.1, -0.05) is 35.3 Å². The molecule has 0 unspecified atom stereocenters. The highest BCUT2D eigenvalue weighted by molar-refractivity contribution is 6.31. The molecule has 1 N–H and O–H groups in total. The van der Waals surface area contributed by atoms with Gasteiger partial charge in [-0.25, -0.2) is 4.79 Å². The van der Waals surface area contributed by atoms with Crippen molar-refractivity contribution in [1.82, 2.24) is 0 Å². The van der Waals surface area contributed by atoms with Crippen molar-refractivity contribution in [2.45, 2.75) is 27.0 Å². The molecule has 0 saturated heterocycles. The zero-order chi connectivity index (χ0) is 22.9. The van der Waals surface area contributed by atoms with Gasteiger partial charge in [-0.05, 0) is 67.4 Å². The fourth-order valence-electron chi connectivity index (χ4n) is 2.97. The van der Waals surface area contributed by atoms with Gasteiger partial charge in [0, 0.05) is 28.3 Å². The van der Waals surface area contributed by atoms with Crippen LogP contribution < -0.4 is 14.8 Å². The standard InChI is InChI=1S/C25H25Cl2NO4/c1-3-30-23-13-19(15-28-21-11-7-18(8-12-21)25(29)31-4-2)22(27)14-24(23)32-16-17-5-9-20(26)10-6-17/h5-14,28H,3-4,15-16H2,1-2H3. The molecule has 0 saturated carbocycles. The maximum Gasteiger partial charge on any atom is 0.338 e. The second-order valence-corrected chi connectivity index (χ2v) is 7.73. The first-order chi connectivity index (χ1) is 15.5. The van der Waals surface area contributed by atoms with Gasteiger partial charge in [-0.2, -0.15) is 0 Å². The van der Waals surface area contributed by atoms with Crippen LogP contribution >= 0.6 is 23.2 Å². The highest BCUT2D eigenvalue weighted by atomic mass is 35.5. The summed E-state index contributed by atoms with van der Waals surface area (Å²) in [6, 6.07) is 18.2. The summed E-state index contributed by atoms with van der Waals surface area (Å²) < 4.78 is 16.7. The van der Waals surface area contributed by atoms with Crippen LogP contribution in [0.5, 0.6) is 11.5 Å². The zero-order valence-electron chi connectivity index (χ0n) is 18.0. The number of carbonyl (C=O) groups is 1. The van der Waals surface area contributed by atoms with Crippen LogP contribution in [0.25, 0.3) is 0 Å². The van der Waals surface area contributed by atoms with Gasteiger partial charge in [-0.3, -0.25) is 0 Å². The van der Waals surface area contributed by atoms with Crippen molar-refractivity contribution in [2.75, 3.05) is 18.5 Å². The van der Waals surface area contributed by atoms with E-state index in [0.717, 1.165) is 16.8 Å². The van der Waals surface area contributed by atoms with Gasteiger partial charge in [0.25, 0.3) is 0 Å². The number of esters is 1. The number of hydrogen-bond acceptors (Lipinski definition) is 5. The Morgan fingerprint density at radius 2 is 1.56 bits per heavy atom. The number of carbonyl (C=O) groups excluding carboxylic acids is 1. The van der Waals surface area contributed by atoms with Crippen molar-refractivity contribution >= 4 is 34.9 Å². The lowest BCUT2D eigenvalue weighted by atomic mass is 10.1. The van der Waals surface area contributed by atoms with E-state index in [9.17, 15) is 4.79 Å². The van der Waals surface area contributed by atoms with Crippen LogP contribution in [0.2, 0.25) is 10.0 Å². The Labute approximate surface area is 198 Å². The van der Waals surface area contributed by atoms with Gasteiger partial charge in [0.1, 0.15) is 6.61 Å². The molecule has 3 aromatic carbocycles.